The normalized spacial score (nSPS) is 12.1. The maximum atomic E-state index is 12.9. The minimum absolute atomic E-state index is 0.0260. The Morgan fingerprint density at radius 1 is 0.929 bits per heavy atom. The Hall–Kier alpha value is -3.33. The van der Waals surface area contributed by atoms with Crippen LogP contribution in [-0.2, 0) is 0 Å². The van der Waals surface area contributed by atoms with Crippen molar-refractivity contribution < 1.29 is 4.79 Å². The average molecular weight is 368 g/mol. The van der Waals surface area contributed by atoms with Crippen molar-refractivity contribution in [1.29, 1.82) is 0 Å². The molecule has 1 atom stereocenters. The number of nitrogens with one attached hydrogen (secondary N) is 2. The fraction of sp³-hybridized carbons (Fsp3) is 0.160. The molecule has 4 aromatic rings. The van der Waals surface area contributed by atoms with Crippen molar-refractivity contribution in [3.63, 3.8) is 0 Å². The highest BCUT2D eigenvalue weighted by atomic mass is 16.1. The van der Waals surface area contributed by atoms with Crippen LogP contribution in [0.4, 0.5) is 0 Å². The fourth-order valence-electron chi connectivity index (χ4n) is 3.76. The Labute approximate surface area is 165 Å². The molecular weight excluding hydrogens is 344 g/mol. The molecule has 0 fully saturated rings. The monoisotopic (exact) mass is 368 g/mol. The zero-order valence-electron chi connectivity index (χ0n) is 16.2. The lowest BCUT2D eigenvalue weighted by Crippen LogP contribution is -2.29. The molecule has 0 radical (unpaired) electrons. The number of benzene rings is 3. The van der Waals surface area contributed by atoms with Gasteiger partial charge in [-0.05, 0) is 48.2 Å². The summed E-state index contributed by atoms with van der Waals surface area (Å²) in [5.74, 6) is 0.0494. The van der Waals surface area contributed by atoms with Crippen molar-refractivity contribution in [3.05, 3.63) is 107 Å². The number of aromatic amines is 1. The molecule has 1 unspecified atom stereocenters. The van der Waals surface area contributed by atoms with Gasteiger partial charge >= 0.3 is 0 Å². The van der Waals surface area contributed by atoms with Gasteiger partial charge in [0.15, 0.2) is 0 Å². The van der Waals surface area contributed by atoms with Crippen molar-refractivity contribution >= 4 is 16.8 Å². The van der Waals surface area contributed by atoms with Gasteiger partial charge in [0, 0.05) is 35.1 Å². The topological polar surface area (TPSA) is 44.9 Å². The van der Waals surface area contributed by atoms with Crippen LogP contribution in [0.3, 0.4) is 0 Å². The second kappa shape index (κ2) is 7.73. The summed E-state index contributed by atoms with van der Waals surface area (Å²) in [5, 5.41) is 4.36. The lowest BCUT2D eigenvalue weighted by molar-refractivity contribution is 0.0951. The van der Waals surface area contributed by atoms with Crippen molar-refractivity contribution in [1.82, 2.24) is 10.3 Å². The Morgan fingerprint density at radius 2 is 1.68 bits per heavy atom. The standard InChI is InChI=1S/C25H24N2O/c1-17-9-8-13-20(18(17)2)25(28)27-15-22(19-10-4-3-5-11-19)23-16-26-24-14-7-6-12-21(23)24/h3-14,16,22,26H,15H2,1-2H3,(H,27,28). The Morgan fingerprint density at radius 3 is 2.50 bits per heavy atom. The molecule has 2 N–H and O–H groups in total. The highest BCUT2D eigenvalue weighted by Crippen LogP contribution is 2.30. The smallest absolute Gasteiger partial charge is 0.251 e. The summed E-state index contributed by atoms with van der Waals surface area (Å²) in [7, 11) is 0. The maximum Gasteiger partial charge on any atom is 0.251 e. The van der Waals surface area contributed by atoms with Gasteiger partial charge in [0.1, 0.15) is 0 Å². The van der Waals surface area contributed by atoms with Gasteiger partial charge in [0.25, 0.3) is 5.91 Å². The highest BCUT2D eigenvalue weighted by molar-refractivity contribution is 5.96. The zero-order valence-corrected chi connectivity index (χ0v) is 16.2. The van der Waals surface area contributed by atoms with Gasteiger partial charge in [-0.3, -0.25) is 4.79 Å². The Kier molecular flexibility index (Phi) is 4.98. The molecule has 0 saturated carbocycles. The number of H-pyrrole nitrogens is 1. The number of carbonyl (C=O) groups is 1. The van der Waals surface area contributed by atoms with E-state index < -0.39 is 0 Å². The van der Waals surface area contributed by atoms with Gasteiger partial charge in [-0.15, -0.1) is 0 Å². The summed E-state index contributed by atoms with van der Waals surface area (Å²) < 4.78 is 0. The first-order valence-electron chi connectivity index (χ1n) is 9.60. The number of rotatable bonds is 5. The Bertz CT molecular complexity index is 1110. The summed E-state index contributed by atoms with van der Waals surface area (Å²) in [5.41, 5.74) is 6.40. The number of hydrogen-bond acceptors (Lipinski definition) is 1. The van der Waals surface area contributed by atoms with Gasteiger partial charge in [0.2, 0.25) is 0 Å². The molecule has 0 aliphatic carbocycles. The van der Waals surface area contributed by atoms with Crippen molar-refractivity contribution in [2.24, 2.45) is 0 Å². The van der Waals surface area contributed by atoms with E-state index in [9.17, 15) is 4.79 Å². The van der Waals surface area contributed by atoms with Crippen LogP contribution in [0.2, 0.25) is 0 Å². The third kappa shape index (κ3) is 3.44. The maximum absolute atomic E-state index is 12.9. The fourth-order valence-corrected chi connectivity index (χ4v) is 3.76. The van der Waals surface area contributed by atoms with E-state index in [4.69, 9.17) is 0 Å². The second-order valence-electron chi connectivity index (χ2n) is 7.21. The molecule has 0 saturated heterocycles. The zero-order chi connectivity index (χ0) is 19.5. The van der Waals surface area contributed by atoms with E-state index in [0.717, 1.165) is 22.2 Å². The summed E-state index contributed by atoms with van der Waals surface area (Å²) >= 11 is 0. The first kappa shape index (κ1) is 18.1. The molecule has 140 valence electrons. The third-order valence-electron chi connectivity index (χ3n) is 5.51. The highest BCUT2D eigenvalue weighted by Gasteiger charge is 2.20. The van der Waals surface area contributed by atoms with Crippen LogP contribution in [0.15, 0.2) is 79.0 Å². The van der Waals surface area contributed by atoms with Crippen molar-refractivity contribution in [2.45, 2.75) is 19.8 Å². The average Bonchev–Trinajstić information content (AvgIpc) is 3.15. The van der Waals surface area contributed by atoms with E-state index in [1.54, 1.807) is 0 Å². The number of hydrogen-bond donors (Lipinski definition) is 2. The molecule has 4 rings (SSSR count). The van der Waals surface area contributed by atoms with E-state index in [1.807, 2.05) is 56.3 Å². The van der Waals surface area contributed by atoms with Crippen LogP contribution >= 0.6 is 0 Å². The quantitative estimate of drug-likeness (QED) is 0.490. The molecule has 3 nitrogen and oxygen atoms in total. The third-order valence-corrected chi connectivity index (χ3v) is 5.51. The Balaban J connectivity index is 1.65. The molecule has 0 aliphatic rings. The molecular formula is C25H24N2O. The summed E-state index contributed by atoms with van der Waals surface area (Å²) in [6.45, 7) is 4.57. The predicted molar refractivity (Wildman–Crippen MR) is 115 cm³/mol. The lowest BCUT2D eigenvalue weighted by atomic mass is 9.90. The van der Waals surface area contributed by atoms with E-state index in [1.165, 1.54) is 16.5 Å². The van der Waals surface area contributed by atoms with E-state index in [2.05, 4.69) is 46.8 Å². The van der Waals surface area contributed by atoms with Crippen LogP contribution in [-0.4, -0.2) is 17.4 Å². The van der Waals surface area contributed by atoms with E-state index >= 15 is 0 Å². The second-order valence-corrected chi connectivity index (χ2v) is 7.21. The number of carbonyl (C=O) groups excluding carboxylic acids is 1. The van der Waals surface area contributed by atoms with Crippen LogP contribution in [0.1, 0.15) is 38.5 Å². The number of aromatic nitrogens is 1. The lowest BCUT2D eigenvalue weighted by Gasteiger charge is -2.19. The van der Waals surface area contributed by atoms with Gasteiger partial charge in [0.05, 0.1) is 0 Å². The number of fused-ring (bicyclic) bond motifs is 1. The van der Waals surface area contributed by atoms with Crippen molar-refractivity contribution in [2.75, 3.05) is 6.54 Å². The number of para-hydroxylation sites is 1. The van der Waals surface area contributed by atoms with Crippen LogP contribution in [0.5, 0.6) is 0 Å². The molecule has 1 amide bonds. The van der Waals surface area contributed by atoms with Crippen LogP contribution in [0, 0.1) is 13.8 Å². The number of aryl methyl sites for hydroxylation is 1. The van der Waals surface area contributed by atoms with E-state index in [0.29, 0.717) is 6.54 Å². The van der Waals surface area contributed by atoms with Gasteiger partial charge in [-0.25, -0.2) is 0 Å². The first-order chi connectivity index (χ1) is 13.6. The van der Waals surface area contributed by atoms with Gasteiger partial charge in [-0.1, -0.05) is 60.7 Å². The minimum Gasteiger partial charge on any atom is -0.361 e. The largest absolute Gasteiger partial charge is 0.361 e. The van der Waals surface area contributed by atoms with Crippen molar-refractivity contribution in [3.8, 4) is 0 Å². The molecule has 0 spiro atoms. The van der Waals surface area contributed by atoms with Crippen LogP contribution < -0.4 is 5.32 Å². The molecule has 0 aliphatic heterocycles. The molecule has 3 heteroatoms. The van der Waals surface area contributed by atoms with E-state index in [-0.39, 0.29) is 11.8 Å². The SMILES string of the molecule is Cc1cccc(C(=O)NCC(c2ccccc2)c2c[nH]c3ccccc23)c1C. The molecule has 0 bridgehead atoms. The predicted octanol–water partition coefficient (Wildman–Crippen LogP) is 5.35. The summed E-state index contributed by atoms with van der Waals surface area (Å²) in [6.07, 6.45) is 2.06. The molecule has 1 aromatic heterocycles. The molecule has 1 heterocycles. The molecule has 3 aromatic carbocycles. The van der Waals surface area contributed by atoms with Gasteiger partial charge in [-0.2, -0.15) is 0 Å². The molecule has 28 heavy (non-hydrogen) atoms. The van der Waals surface area contributed by atoms with Crippen LogP contribution in [0.25, 0.3) is 10.9 Å². The summed E-state index contributed by atoms with van der Waals surface area (Å²) in [6, 6.07) is 24.5. The summed E-state index contributed by atoms with van der Waals surface area (Å²) in [4.78, 5) is 16.2. The van der Waals surface area contributed by atoms with Gasteiger partial charge < -0.3 is 10.3 Å². The minimum atomic E-state index is -0.0260. The number of amides is 1. The first-order valence-corrected chi connectivity index (χ1v) is 9.60.